The topological polar surface area (TPSA) is 58.2 Å². The third-order valence-electron chi connectivity index (χ3n) is 3.14. The third kappa shape index (κ3) is 3.87. The molecule has 1 aliphatic rings. The van der Waals surface area contributed by atoms with Gasteiger partial charge in [0.1, 0.15) is 0 Å². The van der Waals surface area contributed by atoms with E-state index < -0.39 is 0 Å². The van der Waals surface area contributed by atoms with E-state index in [-0.39, 0.29) is 23.7 Å². The van der Waals surface area contributed by atoms with Crippen LogP contribution in [0.25, 0.3) is 0 Å². The van der Waals surface area contributed by atoms with Crippen LogP contribution in [0, 0.1) is 11.8 Å². The highest BCUT2D eigenvalue weighted by molar-refractivity contribution is 6.35. The van der Waals surface area contributed by atoms with Gasteiger partial charge in [-0.15, -0.1) is 0 Å². The molecule has 2 N–H and O–H groups in total. The number of carbonyl (C=O) groups is 2. The average molecular weight is 315 g/mol. The number of carbonyl (C=O) groups excluding carboxylic acids is 2. The summed E-state index contributed by atoms with van der Waals surface area (Å²) in [6.07, 6.45) is 1.48. The van der Waals surface area contributed by atoms with Crippen molar-refractivity contribution in [1.82, 2.24) is 5.32 Å². The van der Waals surface area contributed by atoms with Gasteiger partial charge in [0.2, 0.25) is 11.8 Å². The Morgan fingerprint density at radius 3 is 2.35 bits per heavy atom. The molecule has 0 bridgehead atoms. The van der Waals surface area contributed by atoms with Crippen LogP contribution in [0.3, 0.4) is 0 Å². The molecule has 1 fully saturated rings. The molecule has 4 nitrogen and oxygen atoms in total. The second-order valence-corrected chi connectivity index (χ2v) is 5.76. The van der Waals surface area contributed by atoms with Crippen molar-refractivity contribution in [3.63, 3.8) is 0 Å². The standard InChI is InChI=1S/C14H16Cl2N2O2/c1-2-3-17-13(19)11-7-12(11)14(20)18-10-5-8(15)4-9(16)6-10/h4-6,11-12H,2-3,7H2,1H3,(H,17,19)(H,18,20). The molecule has 0 saturated heterocycles. The summed E-state index contributed by atoms with van der Waals surface area (Å²) in [7, 11) is 0. The lowest BCUT2D eigenvalue weighted by molar-refractivity contribution is -0.125. The molecule has 2 amide bonds. The van der Waals surface area contributed by atoms with Gasteiger partial charge in [-0.05, 0) is 31.0 Å². The molecule has 108 valence electrons. The van der Waals surface area contributed by atoms with Gasteiger partial charge in [-0.3, -0.25) is 9.59 Å². The molecule has 0 heterocycles. The molecule has 1 aromatic rings. The van der Waals surface area contributed by atoms with Crippen LogP contribution in [0.1, 0.15) is 19.8 Å². The molecular weight excluding hydrogens is 299 g/mol. The Kier molecular flexibility index (Phi) is 4.89. The lowest BCUT2D eigenvalue weighted by Gasteiger charge is -2.06. The fourth-order valence-electron chi connectivity index (χ4n) is 2.01. The van der Waals surface area contributed by atoms with E-state index in [2.05, 4.69) is 10.6 Å². The fraction of sp³-hybridized carbons (Fsp3) is 0.429. The molecule has 2 rings (SSSR count). The van der Waals surface area contributed by atoms with Crippen LogP contribution in [0.5, 0.6) is 0 Å². The van der Waals surface area contributed by atoms with Crippen molar-refractivity contribution < 1.29 is 9.59 Å². The van der Waals surface area contributed by atoms with Gasteiger partial charge in [-0.2, -0.15) is 0 Å². The Labute approximate surface area is 127 Å². The smallest absolute Gasteiger partial charge is 0.228 e. The maximum absolute atomic E-state index is 12.0. The van der Waals surface area contributed by atoms with Gasteiger partial charge in [0.15, 0.2) is 0 Å². The van der Waals surface area contributed by atoms with Gasteiger partial charge in [0.05, 0.1) is 11.8 Å². The molecule has 0 spiro atoms. The van der Waals surface area contributed by atoms with Crippen LogP contribution in [-0.4, -0.2) is 18.4 Å². The highest BCUT2D eigenvalue weighted by atomic mass is 35.5. The lowest BCUT2D eigenvalue weighted by atomic mass is 10.2. The van der Waals surface area contributed by atoms with Crippen molar-refractivity contribution in [2.45, 2.75) is 19.8 Å². The number of hydrogen-bond donors (Lipinski definition) is 2. The quantitative estimate of drug-likeness (QED) is 0.877. The minimum Gasteiger partial charge on any atom is -0.356 e. The SMILES string of the molecule is CCCNC(=O)C1CC1C(=O)Nc1cc(Cl)cc(Cl)c1. The summed E-state index contributed by atoms with van der Waals surface area (Å²) in [6.45, 7) is 2.63. The Morgan fingerprint density at radius 1 is 1.15 bits per heavy atom. The predicted octanol–water partition coefficient (Wildman–Crippen LogP) is 3.09. The van der Waals surface area contributed by atoms with Gasteiger partial charge in [-0.25, -0.2) is 0 Å². The molecule has 2 atom stereocenters. The van der Waals surface area contributed by atoms with Gasteiger partial charge in [0, 0.05) is 22.3 Å². The molecule has 1 saturated carbocycles. The lowest BCUT2D eigenvalue weighted by Crippen LogP contribution is -2.27. The van der Waals surface area contributed by atoms with Gasteiger partial charge < -0.3 is 10.6 Å². The number of benzene rings is 1. The normalized spacial score (nSPS) is 20.4. The monoisotopic (exact) mass is 314 g/mol. The summed E-state index contributed by atoms with van der Waals surface area (Å²) in [6, 6.07) is 4.84. The summed E-state index contributed by atoms with van der Waals surface area (Å²) in [5, 5.41) is 6.46. The van der Waals surface area contributed by atoms with E-state index in [1.807, 2.05) is 6.92 Å². The molecule has 6 heteroatoms. The minimum atomic E-state index is -0.260. The summed E-state index contributed by atoms with van der Waals surface area (Å²) in [5.74, 6) is -0.683. The van der Waals surface area contributed by atoms with Crippen molar-refractivity contribution in [3.8, 4) is 0 Å². The Hall–Kier alpha value is -1.26. The molecule has 1 aliphatic carbocycles. The molecule has 2 unspecified atom stereocenters. The zero-order valence-electron chi connectivity index (χ0n) is 11.1. The van der Waals surface area contributed by atoms with Crippen LogP contribution >= 0.6 is 23.2 Å². The maximum Gasteiger partial charge on any atom is 0.228 e. The summed E-state index contributed by atoms with van der Waals surface area (Å²) < 4.78 is 0. The Morgan fingerprint density at radius 2 is 1.75 bits per heavy atom. The van der Waals surface area contributed by atoms with Gasteiger partial charge in [0.25, 0.3) is 0 Å². The molecule has 0 aromatic heterocycles. The summed E-state index contributed by atoms with van der Waals surface area (Å²) >= 11 is 11.7. The van der Waals surface area contributed by atoms with Crippen LogP contribution in [0.15, 0.2) is 18.2 Å². The molecule has 0 radical (unpaired) electrons. The van der Waals surface area contributed by atoms with E-state index in [1.165, 1.54) is 0 Å². The summed E-state index contributed by atoms with van der Waals surface area (Å²) in [4.78, 5) is 23.7. The van der Waals surface area contributed by atoms with Crippen LogP contribution in [0.4, 0.5) is 5.69 Å². The van der Waals surface area contributed by atoms with Crippen molar-refractivity contribution in [3.05, 3.63) is 28.2 Å². The van der Waals surface area contributed by atoms with E-state index in [9.17, 15) is 9.59 Å². The van der Waals surface area contributed by atoms with Crippen molar-refractivity contribution in [1.29, 1.82) is 0 Å². The second kappa shape index (κ2) is 6.46. The number of anilines is 1. The number of rotatable bonds is 5. The zero-order chi connectivity index (χ0) is 14.7. The first-order chi connectivity index (χ1) is 9.51. The van der Waals surface area contributed by atoms with E-state index in [4.69, 9.17) is 23.2 Å². The zero-order valence-corrected chi connectivity index (χ0v) is 12.6. The number of halogens is 2. The number of hydrogen-bond acceptors (Lipinski definition) is 2. The highest BCUT2D eigenvalue weighted by Crippen LogP contribution is 2.39. The minimum absolute atomic E-state index is 0.0453. The Balaban J connectivity index is 1.89. The van der Waals surface area contributed by atoms with Crippen LogP contribution in [0.2, 0.25) is 10.0 Å². The largest absolute Gasteiger partial charge is 0.356 e. The van der Waals surface area contributed by atoms with Crippen molar-refractivity contribution in [2.75, 3.05) is 11.9 Å². The van der Waals surface area contributed by atoms with E-state index in [0.29, 0.717) is 28.7 Å². The second-order valence-electron chi connectivity index (χ2n) is 4.89. The number of amides is 2. The van der Waals surface area contributed by atoms with Crippen LogP contribution in [-0.2, 0) is 9.59 Å². The molecule has 0 aliphatic heterocycles. The average Bonchev–Trinajstić information content (AvgIpc) is 3.14. The van der Waals surface area contributed by atoms with Gasteiger partial charge >= 0.3 is 0 Å². The van der Waals surface area contributed by atoms with E-state index in [1.54, 1.807) is 18.2 Å². The Bertz CT molecular complexity index is 514. The fourth-order valence-corrected chi connectivity index (χ4v) is 2.54. The van der Waals surface area contributed by atoms with E-state index >= 15 is 0 Å². The predicted molar refractivity (Wildman–Crippen MR) is 80.0 cm³/mol. The molecule has 20 heavy (non-hydrogen) atoms. The summed E-state index contributed by atoms with van der Waals surface area (Å²) in [5.41, 5.74) is 0.548. The highest BCUT2D eigenvalue weighted by Gasteiger charge is 2.47. The third-order valence-corrected chi connectivity index (χ3v) is 3.58. The first-order valence-electron chi connectivity index (χ1n) is 6.56. The van der Waals surface area contributed by atoms with Gasteiger partial charge in [-0.1, -0.05) is 30.1 Å². The maximum atomic E-state index is 12.0. The van der Waals surface area contributed by atoms with E-state index in [0.717, 1.165) is 6.42 Å². The van der Waals surface area contributed by atoms with Crippen LogP contribution < -0.4 is 10.6 Å². The first kappa shape index (κ1) is 15.1. The molecule has 1 aromatic carbocycles. The van der Waals surface area contributed by atoms with Crippen molar-refractivity contribution in [2.24, 2.45) is 11.8 Å². The number of nitrogens with one attached hydrogen (secondary N) is 2. The first-order valence-corrected chi connectivity index (χ1v) is 7.31. The molecular formula is C14H16Cl2N2O2. The van der Waals surface area contributed by atoms with Crippen molar-refractivity contribution >= 4 is 40.7 Å².